The van der Waals surface area contributed by atoms with Gasteiger partial charge in [0.2, 0.25) is 0 Å². The molecular weight excluding hydrogens is 395 g/mol. The van der Waals surface area contributed by atoms with Gasteiger partial charge in [-0.2, -0.15) is 4.99 Å². The molecule has 0 bridgehead atoms. The van der Waals surface area contributed by atoms with Crippen molar-refractivity contribution in [3.63, 3.8) is 0 Å². The van der Waals surface area contributed by atoms with E-state index in [1.807, 2.05) is 0 Å². The third kappa shape index (κ3) is 3.53. The molecule has 1 atom stereocenters. The number of carbonyl (C=O) groups excluding carboxylic acids is 1. The average Bonchev–Trinajstić information content (AvgIpc) is 2.95. The van der Waals surface area contributed by atoms with E-state index in [0.29, 0.717) is 32.2 Å². The first kappa shape index (κ1) is 18.6. The third-order valence-electron chi connectivity index (χ3n) is 3.86. The van der Waals surface area contributed by atoms with E-state index in [2.05, 4.69) is 4.99 Å². The molecule has 2 aromatic carbocycles. The van der Waals surface area contributed by atoms with Gasteiger partial charge in [0.05, 0.1) is 15.2 Å². The molecule has 0 aliphatic heterocycles. The highest BCUT2D eigenvalue weighted by Crippen LogP contribution is 2.29. The van der Waals surface area contributed by atoms with Crippen LogP contribution in [-0.2, 0) is 4.79 Å². The Hall–Kier alpha value is -2.15. The van der Waals surface area contributed by atoms with Gasteiger partial charge in [-0.05, 0) is 36.8 Å². The van der Waals surface area contributed by atoms with Crippen LogP contribution in [0.4, 0.5) is 0 Å². The van der Waals surface area contributed by atoms with Gasteiger partial charge in [-0.1, -0.05) is 53.6 Å². The SMILES string of the molecule is CCC(C(=O)O)n1c(=NC(=O)c2cccc(Cl)c2)sc2c(Cl)cccc21. The minimum atomic E-state index is -0.996. The van der Waals surface area contributed by atoms with Crippen LogP contribution in [0, 0.1) is 0 Å². The summed E-state index contributed by atoms with van der Waals surface area (Å²) in [6, 6.07) is 10.8. The highest BCUT2D eigenvalue weighted by atomic mass is 35.5. The number of hydrogen-bond donors (Lipinski definition) is 1. The van der Waals surface area contributed by atoms with Crippen molar-refractivity contribution in [2.75, 3.05) is 0 Å². The van der Waals surface area contributed by atoms with E-state index >= 15 is 0 Å². The molecule has 3 aromatic rings. The van der Waals surface area contributed by atoms with Gasteiger partial charge in [0, 0.05) is 10.6 Å². The van der Waals surface area contributed by atoms with Crippen molar-refractivity contribution in [1.82, 2.24) is 4.57 Å². The van der Waals surface area contributed by atoms with Crippen molar-refractivity contribution in [2.24, 2.45) is 4.99 Å². The zero-order chi connectivity index (χ0) is 18.8. The fraction of sp³-hybridized carbons (Fsp3) is 0.167. The summed E-state index contributed by atoms with van der Waals surface area (Å²) in [4.78, 5) is 28.7. The van der Waals surface area contributed by atoms with E-state index in [-0.39, 0.29) is 4.80 Å². The number of carboxylic acids is 1. The first-order valence-electron chi connectivity index (χ1n) is 7.79. The number of fused-ring (bicyclic) bond motifs is 1. The van der Waals surface area contributed by atoms with Crippen LogP contribution in [0.1, 0.15) is 29.7 Å². The second kappa shape index (κ2) is 7.61. The largest absolute Gasteiger partial charge is 0.480 e. The predicted octanol–water partition coefficient (Wildman–Crippen LogP) is 4.79. The zero-order valence-corrected chi connectivity index (χ0v) is 16.0. The Kier molecular flexibility index (Phi) is 5.46. The number of benzene rings is 2. The van der Waals surface area contributed by atoms with Crippen molar-refractivity contribution in [1.29, 1.82) is 0 Å². The van der Waals surface area contributed by atoms with E-state index in [1.54, 1.807) is 47.9 Å². The van der Waals surface area contributed by atoms with Crippen molar-refractivity contribution >= 4 is 56.6 Å². The topological polar surface area (TPSA) is 71.7 Å². The molecule has 0 radical (unpaired) electrons. The minimum Gasteiger partial charge on any atom is -0.480 e. The number of hydrogen-bond acceptors (Lipinski definition) is 3. The Morgan fingerprint density at radius 2 is 1.96 bits per heavy atom. The maximum atomic E-state index is 12.5. The van der Waals surface area contributed by atoms with Gasteiger partial charge < -0.3 is 9.67 Å². The molecule has 3 rings (SSSR count). The van der Waals surface area contributed by atoms with Crippen LogP contribution in [0.25, 0.3) is 10.2 Å². The zero-order valence-electron chi connectivity index (χ0n) is 13.6. The lowest BCUT2D eigenvalue weighted by Gasteiger charge is -2.13. The van der Waals surface area contributed by atoms with Crippen LogP contribution in [-0.4, -0.2) is 21.6 Å². The molecule has 1 aromatic heterocycles. The minimum absolute atomic E-state index is 0.285. The smallest absolute Gasteiger partial charge is 0.326 e. The van der Waals surface area contributed by atoms with Crippen LogP contribution < -0.4 is 4.80 Å². The van der Waals surface area contributed by atoms with E-state index in [4.69, 9.17) is 23.2 Å². The van der Waals surface area contributed by atoms with Crippen LogP contribution in [0.15, 0.2) is 47.5 Å². The summed E-state index contributed by atoms with van der Waals surface area (Å²) in [5.74, 6) is -1.49. The molecule has 0 saturated carbocycles. The number of aliphatic carboxylic acids is 1. The first-order chi connectivity index (χ1) is 12.4. The van der Waals surface area contributed by atoms with E-state index < -0.39 is 17.9 Å². The van der Waals surface area contributed by atoms with Crippen LogP contribution in [0.3, 0.4) is 0 Å². The number of carbonyl (C=O) groups is 2. The van der Waals surface area contributed by atoms with Gasteiger partial charge in [0.25, 0.3) is 5.91 Å². The number of halogens is 2. The molecule has 1 unspecified atom stereocenters. The van der Waals surface area contributed by atoms with Gasteiger partial charge in [0.1, 0.15) is 6.04 Å². The number of rotatable bonds is 4. The van der Waals surface area contributed by atoms with Gasteiger partial charge in [-0.25, -0.2) is 4.79 Å². The molecule has 26 heavy (non-hydrogen) atoms. The summed E-state index contributed by atoms with van der Waals surface area (Å²) in [6.45, 7) is 1.77. The Labute approximate surface area is 163 Å². The molecule has 1 amide bonds. The summed E-state index contributed by atoms with van der Waals surface area (Å²) in [5, 5.41) is 10.5. The fourth-order valence-electron chi connectivity index (χ4n) is 2.65. The number of aromatic nitrogens is 1. The quantitative estimate of drug-likeness (QED) is 0.674. The molecule has 0 fully saturated rings. The Balaban J connectivity index is 2.26. The Morgan fingerprint density at radius 3 is 2.62 bits per heavy atom. The molecule has 0 spiro atoms. The summed E-state index contributed by atoms with van der Waals surface area (Å²) in [7, 11) is 0. The van der Waals surface area contributed by atoms with Gasteiger partial charge in [-0.3, -0.25) is 4.79 Å². The molecule has 1 heterocycles. The molecule has 5 nitrogen and oxygen atoms in total. The maximum Gasteiger partial charge on any atom is 0.326 e. The first-order valence-corrected chi connectivity index (χ1v) is 9.36. The third-order valence-corrected chi connectivity index (χ3v) is 5.62. The van der Waals surface area contributed by atoms with E-state index in [9.17, 15) is 14.7 Å². The number of thiazole rings is 1. The standard InChI is InChI=1S/C18H14Cl2N2O3S/c1-2-13(17(24)25)22-14-8-4-7-12(20)15(14)26-18(22)21-16(23)10-5-3-6-11(19)9-10/h3-9,13H,2H2,1H3,(H,24,25). The fourth-order valence-corrected chi connectivity index (χ4v) is 4.20. The average molecular weight is 409 g/mol. The summed E-state index contributed by atoms with van der Waals surface area (Å²) in [6.07, 6.45) is 0.340. The van der Waals surface area contributed by atoms with Gasteiger partial charge in [-0.15, -0.1) is 0 Å². The summed E-state index contributed by atoms with van der Waals surface area (Å²) >= 11 is 13.4. The summed E-state index contributed by atoms with van der Waals surface area (Å²) in [5.41, 5.74) is 0.963. The summed E-state index contributed by atoms with van der Waals surface area (Å²) < 4.78 is 2.24. The molecule has 1 N–H and O–H groups in total. The molecule has 0 saturated heterocycles. The van der Waals surface area contributed by atoms with Gasteiger partial charge in [0.15, 0.2) is 4.80 Å². The lowest BCUT2D eigenvalue weighted by molar-refractivity contribution is -0.140. The lowest BCUT2D eigenvalue weighted by Crippen LogP contribution is -2.27. The Morgan fingerprint density at radius 1 is 1.23 bits per heavy atom. The highest BCUT2D eigenvalue weighted by molar-refractivity contribution is 7.17. The van der Waals surface area contributed by atoms with Crippen molar-refractivity contribution in [3.8, 4) is 0 Å². The number of amides is 1. The molecule has 134 valence electrons. The van der Waals surface area contributed by atoms with Crippen LogP contribution in [0.2, 0.25) is 10.0 Å². The van der Waals surface area contributed by atoms with Crippen molar-refractivity contribution in [3.05, 3.63) is 62.9 Å². The molecule has 8 heteroatoms. The van der Waals surface area contributed by atoms with E-state index in [1.165, 1.54) is 17.4 Å². The molecule has 0 aliphatic rings. The number of nitrogens with zero attached hydrogens (tertiary/aromatic N) is 2. The Bertz CT molecular complexity index is 1070. The normalized spacial score (nSPS) is 13.1. The van der Waals surface area contributed by atoms with Crippen molar-refractivity contribution in [2.45, 2.75) is 19.4 Å². The lowest BCUT2D eigenvalue weighted by atomic mass is 10.2. The second-order valence-electron chi connectivity index (χ2n) is 5.53. The van der Waals surface area contributed by atoms with E-state index in [0.717, 1.165) is 0 Å². The van der Waals surface area contributed by atoms with Crippen molar-refractivity contribution < 1.29 is 14.7 Å². The monoisotopic (exact) mass is 408 g/mol. The highest BCUT2D eigenvalue weighted by Gasteiger charge is 2.22. The van der Waals surface area contributed by atoms with Crippen LogP contribution >= 0.6 is 34.5 Å². The predicted molar refractivity (Wildman–Crippen MR) is 103 cm³/mol. The number of carboxylic acid groups (broad SMARTS) is 1. The second-order valence-corrected chi connectivity index (χ2v) is 7.35. The molecular formula is C18H14Cl2N2O3S. The molecule has 0 aliphatic carbocycles. The maximum absolute atomic E-state index is 12.5. The van der Waals surface area contributed by atoms with Crippen LogP contribution in [0.5, 0.6) is 0 Å². The van der Waals surface area contributed by atoms with Gasteiger partial charge >= 0.3 is 5.97 Å².